The molecule has 0 aromatic carbocycles. The van der Waals surface area contributed by atoms with Crippen LogP contribution in [0.3, 0.4) is 0 Å². The molecule has 0 saturated carbocycles. The number of aliphatic carboxylic acids is 1. The Morgan fingerprint density at radius 3 is 2.56 bits per heavy atom. The number of carbonyl (C=O) groups excluding carboxylic acids is 1. The van der Waals surface area contributed by atoms with E-state index >= 15 is 0 Å². The van der Waals surface area contributed by atoms with Gasteiger partial charge in [0.25, 0.3) is 0 Å². The average Bonchev–Trinajstić information content (AvgIpc) is 2.24. The molecule has 0 aromatic rings. The molecule has 0 rings (SSSR count). The fourth-order valence-corrected chi connectivity index (χ4v) is 1.73. The molecule has 1 unspecified atom stereocenters. The zero-order chi connectivity index (χ0) is 12.6. The van der Waals surface area contributed by atoms with Crippen LogP contribution in [0.15, 0.2) is 0 Å². The van der Waals surface area contributed by atoms with E-state index in [-0.39, 0.29) is 6.03 Å². The SMILES string of the molecule is CCC(C(=O)O)N(C)C(=O)NCCCSC. The van der Waals surface area contributed by atoms with Crippen LogP contribution >= 0.6 is 11.8 Å². The number of rotatable bonds is 7. The second-order valence-corrected chi connectivity index (χ2v) is 4.44. The van der Waals surface area contributed by atoms with E-state index in [1.165, 1.54) is 11.9 Å². The molecular weight excluding hydrogens is 228 g/mol. The Kier molecular flexibility index (Phi) is 7.80. The standard InChI is InChI=1S/C10H20N2O3S/c1-4-8(9(13)14)12(2)10(15)11-6-5-7-16-3/h8H,4-7H2,1-3H3,(H,11,15)(H,13,14). The third-order valence-electron chi connectivity index (χ3n) is 2.26. The summed E-state index contributed by atoms with van der Waals surface area (Å²) in [6.07, 6.45) is 3.31. The minimum atomic E-state index is -0.968. The van der Waals surface area contributed by atoms with Crippen LogP contribution in [0.5, 0.6) is 0 Å². The Bertz CT molecular complexity index is 236. The minimum absolute atomic E-state index is 0.324. The molecule has 0 saturated heterocycles. The van der Waals surface area contributed by atoms with Gasteiger partial charge in [-0.2, -0.15) is 11.8 Å². The van der Waals surface area contributed by atoms with E-state index in [1.807, 2.05) is 6.26 Å². The fraction of sp³-hybridized carbons (Fsp3) is 0.800. The molecule has 0 heterocycles. The van der Waals surface area contributed by atoms with Crippen LogP contribution in [-0.2, 0) is 4.79 Å². The zero-order valence-corrected chi connectivity index (χ0v) is 10.8. The van der Waals surface area contributed by atoms with E-state index in [0.717, 1.165) is 12.2 Å². The van der Waals surface area contributed by atoms with Gasteiger partial charge in [-0.1, -0.05) is 6.92 Å². The molecule has 0 aliphatic rings. The fourth-order valence-electron chi connectivity index (χ4n) is 1.29. The van der Waals surface area contributed by atoms with Crippen molar-refractivity contribution < 1.29 is 14.7 Å². The Hall–Kier alpha value is -0.910. The van der Waals surface area contributed by atoms with Gasteiger partial charge in [0.15, 0.2) is 0 Å². The Labute approximate surface area is 101 Å². The lowest BCUT2D eigenvalue weighted by molar-refractivity contribution is -0.141. The van der Waals surface area contributed by atoms with Crippen molar-refractivity contribution in [1.29, 1.82) is 0 Å². The second kappa shape index (κ2) is 8.27. The summed E-state index contributed by atoms with van der Waals surface area (Å²) in [7, 11) is 1.51. The summed E-state index contributed by atoms with van der Waals surface area (Å²) in [6, 6.07) is -1.07. The summed E-state index contributed by atoms with van der Waals surface area (Å²) in [5.41, 5.74) is 0. The van der Waals surface area contributed by atoms with Crippen molar-refractivity contribution in [2.75, 3.05) is 25.6 Å². The number of amides is 2. The molecule has 0 radical (unpaired) electrons. The van der Waals surface area contributed by atoms with Gasteiger partial charge >= 0.3 is 12.0 Å². The Morgan fingerprint density at radius 1 is 1.50 bits per heavy atom. The maximum atomic E-state index is 11.6. The average molecular weight is 248 g/mol. The molecule has 16 heavy (non-hydrogen) atoms. The van der Waals surface area contributed by atoms with Crippen LogP contribution in [-0.4, -0.2) is 53.6 Å². The predicted molar refractivity (Wildman–Crippen MR) is 65.9 cm³/mol. The van der Waals surface area contributed by atoms with Gasteiger partial charge in [0.2, 0.25) is 0 Å². The van der Waals surface area contributed by atoms with E-state index < -0.39 is 12.0 Å². The van der Waals surface area contributed by atoms with Gasteiger partial charge in [0, 0.05) is 13.6 Å². The number of urea groups is 1. The largest absolute Gasteiger partial charge is 0.480 e. The molecule has 5 nitrogen and oxygen atoms in total. The van der Waals surface area contributed by atoms with Gasteiger partial charge in [0.05, 0.1) is 0 Å². The number of nitrogens with zero attached hydrogens (tertiary/aromatic N) is 1. The molecule has 94 valence electrons. The van der Waals surface area contributed by atoms with Crippen LogP contribution < -0.4 is 5.32 Å². The van der Waals surface area contributed by atoms with E-state index in [9.17, 15) is 9.59 Å². The number of carboxylic acid groups (broad SMARTS) is 1. The monoisotopic (exact) mass is 248 g/mol. The molecule has 0 aromatic heterocycles. The first-order chi connectivity index (χ1) is 7.54. The third kappa shape index (κ3) is 5.25. The summed E-state index contributed by atoms with van der Waals surface area (Å²) in [5.74, 6) is 0.0180. The molecule has 0 fully saturated rings. The van der Waals surface area contributed by atoms with Crippen LogP contribution in [0.4, 0.5) is 4.79 Å². The first-order valence-corrected chi connectivity index (χ1v) is 6.66. The highest BCUT2D eigenvalue weighted by molar-refractivity contribution is 7.98. The van der Waals surface area contributed by atoms with Crippen molar-refractivity contribution in [2.45, 2.75) is 25.8 Å². The zero-order valence-electron chi connectivity index (χ0n) is 10.0. The Morgan fingerprint density at radius 2 is 2.12 bits per heavy atom. The molecule has 1 atom stereocenters. The second-order valence-electron chi connectivity index (χ2n) is 3.45. The molecule has 0 spiro atoms. The summed E-state index contributed by atoms with van der Waals surface area (Å²) in [4.78, 5) is 23.6. The molecule has 6 heteroatoms. The lowest BCUT2D eigenvalue weighted by atomic mass is 10.2. The summed E-state index contributed by atoms with van der Waals surface area (Å²) in [5, 5.41) is 11.6. The first-order valence-electron chi connectivity index (χ1n) is 5.27. The van der Waals surface area contributed by atoms with Crippen molar-refractivity contribution in [3.8, 4) is 0 Å². The van der Waals surface area contributed by atoms with Gasteiger partial charge < -0.3 is 15.3 Å². The maximum absolute atomic E-state index is 11.6. The molecule has 2 amide bonds. The van der Waals surface area contributed by atoms with Gasteiger partial charge in [0.1, 0.15) is 6.04 Å². The lowest BCUT2D eigenvalue weighted by Gasteiger charge is -2.23. The van der Waals surface area contributed by atoms with Crippen molar-refractivity contribution in [2.24, 2.45) is 0 Å². The van der Waals surface area contributed by atoms with Crippen molar-refractivity contribution in [3.05, 3.63) is 0 Å². The molecule has 0 aliphatic heterocycles. The number of likely N-dealkylation sites (N-methyl/N-ethyl adjacent to an activating group) is 1. The first kappa shape index (κ1) is 15.1. The Balaban J connectivity index is 4.01. The van der Waals surface area contributed by atoms with Crippen LogP contribution in [0.25, 0.3) is 0 Å². The number of nitrogens with one attached hydrogen (secondary N) is 1. The number of thioether (sulfide) groups is 1. The van der Waals surface area contributed by atoms with Gasteiger partial charge in [-0.15, -0.1) is 0 Å². The van der Waals surface area contributed by atoms with Crippen molar-refractivity contribution in [3.63, 3.8) is 0 Å². The number of hydrogen-bond donors (Lipinski definition) is 2. The smallest absolute Gasteiger partial charge is 0.326 e. The van der Waals surface area contributed by atoms with Crippen LogP contribution in [0.2, 0.25) is 0 Å². The topological polar surface area (TPSA) is 69.6 Å². The van der Waals surface area contributed by atoms with Gasteiger partial charge in [-0.05, 0) is 24.9 Å². The minimum Gasteiger partial charge on any atom is -0.480 e. The highest BCUT2D eigenvalue weighted by Crippen LogP contribution is 2.02. The highest BCUT2D eigenvalue weighted by Gasteiger charge is 2.24. The quantitative estimate of drug-likeness (QED) is 0.665. The van der Waals surface area contributed by atoms with Crippen LogP contribution in [0.1, 0.15) is 19.8 Å². The number of carboxylic acids is 1. The summed E-state index contributed by atoms with van der Waals surface area (Å²) < 4.78 is 0. The van der Waals surface area contributed by atoms with Gasteiger partial charge in [-0.25, -0.2) is 9.59 Å². The highest BCUT2D eigenvalue weighted by atomic mass is 32.2. The third-order valence-corrected chi connectivity index (χ3v) is 2.96. The molecule has 0 bridgehead atoms. The molecule has 0 aliphatic carbocycles. The summed E-state index contributed by atoms with van der Waals surface area (Å²) >= 11 is 1.72. The van der Waals surface area contributed by atoms with Crippen molar-refractivity contribution >= 4 is 23.8 Å². The van der Waals surface area contributed by atoms with E-state index in [1.54, 1.807) is 18.7 Å². The van der Waals surface area contributed by atoms with E-state index in [4.69, 9.17) is 5.11 Å². The number of hydrogen-bond acceptors (Lipinski definition) is 3. The van der Waals surface area contributed by atoms with Gasteiger partial charge in [-0.3, -0.25) is 0 Å². The normalized spacial score (nSPS) is 11.9. The summed E-state index contributed by atoms with van der Waals surface area (Å²) in [6.45, 7) is 2.33. The van der Waals surface area contributed by atoms with Crippen molar-refractivity contribution in [1.82, 2.24) is 10.2 Å². The predicted octanol–water partition coefficient (Wildman–Crippen LogP) is 1.24. The van der Waals surface area contributed by atoms with Crippen LogP contribution in [0, 0.1) is 0 Å². The molecule has 2 N–H and O–H groups in total. The van der Waals surface area contributed by atoms with E-state index in [2.05, 4.69) is 5.32 Å². The number of carbonyl (C=O) groups is 2. The lowest BCUT2D eigenvalue weighted by Crippen LogP contribution is -2.47. The maximum Gasteiger partial charge on any atom is 0.326 e. The van der Waals surface area contributed by atoms with E-state index in [0.29, 0.717) is 13.0 Å². The molecular formula is C10H20N2O3S.